The predicted octanol–water partition coefficient (Wildman–Crippen LogP) is 39.1. The number of benzene rings is 23. The number of hydrogen-bond acceptors (Lipinski definition) is 3. The van der Waals surface area contributed by atoms with Crippen LogP contribution in [0.25, 0.3) is 281 Å². The van der Waals surface area contributed by atoms with Gasteiger partial charge in [-0.3, -0.25) is 0 Å². The lowest BCUT2D eigenvalue weighted by Crippen LogP contribution is -1.94. The molecule has 0 unspecified atom stereocenters. The van der Waals surface area contributed by atoms with Crippen LogP contribution in [-0.4, -0.2) is 27.4 Å². The fraction of sp³-hybridized carbons (Fsp3) is 0. The SMILES string of the molecule is c1ccc(-c2ccc(-n3c4ccccc4c4cc(-c5cc6c7ccccc7sc6c6c5c5ccccc5n6-c5ccccc5)ccc43)cc2)cc1.c1ccc(-c2cccc(-n3c4ccccc4c4cc(-c5cc6c7ccccc7sc6c6c5c5ccccc5n6-c5ccccc5)ccc43)c2)cc1.c1ccc(-n2c3ccccc3c3cc(-c4cc5c6ccccc6sc5c5c4c4ccccc4n5-c4ccccc4)ccc32)cc1. The maximum Gasteiger partial charge on any atom is 0.0726 e. The Morgan fingerprint density at radius 3 is 0.680 bits per heavy atom. The Morgan fingerprint density at radius 1 is 0.122 bits per heavy atom. The van der Waals surface area contributed by atoms with Crippen LogP contribution in [0.2, 0.25) is 0 Å². The topological polar surface area (TPSA) is 29.6 Å². The molecule has 9 aromatic heterocycles. The summed E-state index contributed by atoms with van der Waals surface area (Å²) in [6.07, 6.45) is 0. The molecule has 686 valence electrons. The Bertz CT molecular complexity index is 10900. The molecule has 0 radical (unpaired) electrons. The van der Waals surface area contributed by atoms with Crippen LogP contribution in [0.5, 0.6) is 0 Å². The zero-order chi connectivity index (χ0) is 96.4. The Kier molecular flexibility index (Phi) is 19.6. The normalized spacial score (nSPS) is 11.9. The fourth-order valence-corrected chi connectivity index (χ4v) is 27.6. The molecule has 0 saturated heterocycles. The lowest BCUT2D eigenvalue weighted by molar-refractivity contribution is 1.18. The van der Waals surface area contributed by atoms with Crippen molar-refractivity contribution >= 4 is 225 Å². The first-order chi connectivity index (χ1) is 73.0. The molecular weight excluding hydrogens is 1840 g/mol. The largest absolute Gasteiger partial charge is 0.309 e. The molecule has 0 N–H and O–H groups in total. The molecule has 0 atom stereocenters. The van der Waals surface area contributed by atoms with Gasteiger partial charge in [0.05, 0.1) is 80.3 Å². The standard InChI is InChI=1S/2C48H30N2S.C42H26N2S/c1-3-14-31(15-4-1)32-16-13-19-35(28-32)49-42-23-10-7-20-36(42)40-29-33(26-27-44(40)49)39-30-41-37-21-9-12-25-45(37)51-48(41)47-46(39)38-22-8-11-24-43(38)50(47)34-17-5-2-6-18-34;1-3-13-31(14-4-1)32-23-26-35(27-24-32)49-42-20-10-7-17-36(42)40-29-33(25-28-44(40)49)39-30-41-37-18-9-12-22-45(37)51-48(41)47-46(39)38-19-8-11-21-43(38)50(47)34-15-5-2-6-16-34;1-3-13-28(14-4-1)43-36-20-10-7-17-30(36)34-25-27(23-24-38(34)43)33-26-35-31-18-9-12-22-39(31)45-42(35)41-40(33)32-19-8-11-21-37(32)44(41)29-15-5-2-6-16-29/h2*1-30H;1-26H. The minimum atomic E-state index is 1.16. The van der Waals surface area contributed by atoms with E-state index in [0.717, 1.165) is 11.4 Å². The highest BCUT2D eigenvalue weighted by atomic mass is 32.1. The molecule has 0 spiro atoms. The summed E-state index contributed by atoms with van der Waals surface area (Å²) in [5.74, 6) is 0. The van der Waals surface area contributed by atoms with Gasteiger partial charge in [-0.25, -0.2) is 0 Å². The van der Waals surface area contributed by atoms with Crippen molar-refractivity contribution in [2.45, 2.75) is 0 Å². The second kappa shape index (κ2) is 34.1. The van der Waals surface area contributed by atoms with E-state index in [-0.39, 0.29) is 0 Å². The molecule has 9 heterocycles. The minimum Gasteiger partial charge on any atom is -0.309 e. The van der Waals surface area contributed by atoms with E-state index in [1.54, 1.807) is 0 Å². The third-order valence-electron chi connectivity index (χ3n) is 30.3. The molecule has 32 rings (SSSR count). The van der Waals surface area contributed by atoms with Crippen molar-refractivity contribution in [1.29, 1.82) is 0 Å². The second-order valence-corrected chi connectivity index (χ2v) is 41.5. The highest BCUT2D eigenvalue weighted by Crippen LogP contribution is 2.54. The molecule has 0 aliphatic heterocycles. The van der Waals surface area contributed by atoms with Crippen LogP contribution in [0.1, 0.15) is 0 Å². The lowest BCUT2D eigenvalue weighted by Gasteiger charge is -2.12. The van der Waals surface area contributed by atoms with E-state index < -0.39 is 0 Å². The molecule has 6 nitrogen and oxygen atoms in total. The molecule has 32 aromatic rings. The minimum absolute atomic E-state index is 1.16. The van der Waals surface area contributed by atoms with Crippen molar-refractivity contribution in [2.75, 3.05) is 0 Å². The van der Waals surface area contributed by atoms with Gasteiger partial charge in [0.2, 0.25) is 0 Å². The Labute approximate surface area is 857 Å². The van der Waals surface area contributed by atoms with Crippen LogP contribution >= 0.6 is 34.0 Å². The summed E-state index contributed by atoms with van der Waals surface area (Å²) in [5, 5.41) is 23.1. The maximum atomic E-state index is 2.48. The molecule has 9 heteroatoms. The van der Waals surface area contributed by atoms with Gasteiger partial charge in [-0.2, -0.15) is 0 Å². The molecule has 0 aliphatic carbocycles. The van der Waals surface area contributed by atoms with Gasteiger partial charge in [-0.05, 0) is 238 Å². The highest BCUT2D eigenvalue weighted by Gasteiger charge is 2.29. The van der Waals surface area contributed by atoms with Crippen LogP contribution in [0, 0.1) is 0 Å². The first-order valence-electron chi connectivity index (χ1n) is 50.2. The summed E-state index contributed by atoms with van der Waals surface area (Å²) in [7, 11) is 0. The number of rotatable bonds is 11. The van der Waals surface area contributed by atoms with Gasteiger partial charge >= 0.3 is 0 Å². The van der Waals surface area contributed by atoms with Gasteiger partial charge in [0.25, 0.3) is 0 Å². The smallest absolute Gasteiger partial charge is 0.0726 e. The van der Waals surface area contributed by atoms with Crippen molar-refractivity contribution in [2.24, 2.45) is 0 Å². The summed E-state index contributed by atoms with van der Waals surface area (Å²) in [6, 6.07) is 191. The van der Waals surface area contributed by atoms with Gasteiger partial charge in [0, 0.05) is 145 Å². The molecule has 0 saturated carbocycles. The van der Waals surface area contributed by atoms with Gasteiger partial charge in [-0.15, -0.1) is 34.0 Å². The van der Waals surface area contributed by atoms with Crippen molar-refractivity contribution in [3.63, 3.8) is 0 Å². The van der Waals surface area contributed by atoms with Crippen LogP contribution in [0.15, 0.2) is 522 Å². The van der Waals surface area contributed by atoms with Crippen molar-refractivity contribution in [3.05, 3.63) is 522 Å². The average Bonchev–Trinajstić information content (AvgIpc) is 1.55. The van der Waals surface area contributed by atoms with E-state index in [2.05, 4.69) is 549 Å². The molecule has 0 amide bonds. The number of thiophene rings is 3. The number of fused-ring (bicyclic) bond motifs is 30. The monoisotopic (exact) mass is 1920 g/mol. The molecule has 0 aliphatic rings. The number of para-hydroxylation sites is 10. The van der Waals surface area contributed by atoms with E-state index in [1.807, 2.05) is 34.0 Å². The summed E-state index contributed by atoms with van der Waals surface area (Å²) in [4.78, 5) is 0. The van der Waals surface area contributed by atoms with Crippen molar-refractivity contribution in [3.8, 4) is 89.8 Å². The van der Waals surface area contributed by atoms with E-state index in [9.17, 15) is 0 Å². The summed E-state index contributed by atoms with van der Waals surface area (Å²) >= 11 is 5.70. The van der Waals surface area contributed by atoms with Crippen molar-refractivity contribution in [1.82, 2.24) is 27.4 Å². The van der Waals surface area contributed by atoms with E-state index in [4.69, 9.17) is 0 Å². The van der Waals surface area contributed by atoms with E-state index in [0.29, 0.717) is 0 Å². The Morgan fingerprint density at radius 2 is 0.347 bits per heavy atom. The first kappa shape index (κ1) is 84.2. The van der Waals surface area contributed by atoms with E-state index in [1.165, 1.54) is 270 Å². The number of aromatic nitrogens is 6. The zero-order valence-corrected chi connectivity index (χ0v) is 82.0. The van der Waals surface area contributed by atoms with Crippen LogP contribution < -0.4 is 0 Å². The number of nitrogens with zero attached hydrogens (tertiary/aromatic N) is 6. The van der Waals surface area contributed by atoms with Crippen LogP contribution in [-0.2, 0) is 0 Å². The summed E-state index contributed by atoms with van der Waals surface area (Å²) in [6.45, 7) is 0. The molecule has 147 heavy (non-hydrogen) atoms. The van der Waals surface area contributed by atoms with Gasteiger partial charge in [0.15, 0.2) is 0 Å². The fourth-order valence-electron chi connectivity index (χ4n) is 23.9. The molecular formula is C138H86N6S3. The Hall–Kier alpha value is -18.5. The molecule has 0 fully saturated rings. The Balaban J connectivity index is 0.000000102. The predicted molar refractivity (Wildman–Crippen MR) is 631 cm³/mol. The zero-order valence-electron chi connectivity index (χ0n) is 79.6. The van der Waals surface area contributed by atoms with E-state index >= 15 is 0 Å². The third-order valence-corrected chi connectivity index (χ3v) is 33.9. The van der Waals surface area contributed by atoms with Crippen molar-refractivity contribution < 1.29 is 0 Å². The quantitative estimate of drug-likeness (QED) is 0.124. The summed E-state index contributed by atoms with van der Waals surface area (Å²) in [5.41, 5.74) is 34.2. The lowest BCUT2D eigenvalue weighted by atomic mass is 9.95. The average molecular weight is 1920 g/mol. The highest BCUT2D eigenvalue weighted by molar-refractivity contribution is 7.27. The van der Waals surface area contributed by atoms with Gasteiger partial charge < -0.3 is 27.4 Å². The number of hydrogen-bond donors (Lipinski definition) is 0. The maximum absolute atomic E-state index is 2.48. The molecule has 23 aromatic carbocycles. The summed E-state index contributed by atoms with van der Waals surface area (Å²) < 4.78 is 22.6. The van der Waals surface area contributed by atoms with Crippen LogP contribution in [0.4, 0.5) is 0 Å². The van der Waals surface area contributed by atoms with Gasteiger partial charge in [-0.1, -0.05) is 340 Å². The van der Waals surface area contributed by atoms with Crippen LogP contribution in [0.3, 0.4) is 0 Å². The first-order valence-corrected chi connectivity index (χ1v) is 52.7. The van der Waals surface area contributed by atoms with Gasteiger partial charge in [0.1, 0.15) is 0 Å². The second-order valence-electron chi connectivity index (χ2n) is 38.4. The molecule has 0 bridgehead atoms. The third kappa shape index (κ3) is 13.4.